The number of benzene rings is 1. The van der Waals surface area contributed by atoms with E-state index in [4.69, 9.17) is 10.5 Å². The summed E-state index contributed by atoms with van der Waals surface area (Å²) in [4.78, 5) is 22.8. The van der Waals surface area contributed by atoms with Gasteiger partial charge in [0.1, 0.15) is 5.75 Å². The van der Waals surface area contributed by atoms with Gasteiger partial charge in [0.25, 0.3) is 11.8 Å². The summed E-state index contributed by atoms with van der Waals surface area (Å²) in [6, 6.07) is 7.11. The number of carbonyl (C=O) groups is 2. The first-order valence-corrected chi connectivity index (χ1v) is 6.74. The molecule has 22 heavy (non-hydrogen) atoms. The second-order valence-electron chi connectivity index (χ2n) is 4.85. The van der Waals surface area contributed by atoms with Crippen molar-refractivity contribution in [3.63, 3.8) is 0 Å². The van der Waals surface area contributed by atoms with E-state index < -0.39 is 5.91 Å². The molecule has 1 aromatic carbocycles. The fraction of sp³-hybridized carbons (Fsp3) is 0.267. The number of ether oxygens (including phenoxy) is 1. The van der Waals surface area contributed by atoms with Gasteiger partial charge in [-0.3, -0.25) is 14.3 Å². The van der Waals surface area contributed by atoms with Gasteiger partial charge in [0, 0.05) is 19.3 Å². The van der Waals surface area contributed by atoms with Crippen LogP contribution in [0.2, 0.25) is 0 Å². The third-order valence-corrected chi connectivity index (χ3v) is 3.21. The molecule has 1 aromatic heterocycles. The SMILES string of the molecule is Cc1c(C(=O)NCc2cccc(OCC(N)=O)c2)cnn1C. The summed E-state index contributed by atoms with van der Waals surface area (Å²) in [5, 5.41) is 6.86. The molecule has 2 aromatic rings. The number of hydrogen-bond donors (Lipinski definition) is 2. The highest BCUT2D eigenvalue weighted by atomic mass is 16.5. The third-order valence-electron chi connectivity index (χ3n) is 3.21. The zero-order chi connectivity index (χ0) is 16.1. The van der Waals surface area contributed by atoms with Gasteiger partial charge < -0.3 is 15.8 Å². The summed E-state index contributed by atoms with van der Waals surface area (Å²) in [7, 11) is 1.78. The molecule has 0 unspecified atom stereocenters. The fourth-order valence-electron chi connectivity index (χ4n) is 1.90. The van der Waals surface area contributed by atoms with Gasteiger partial charge in [0.05, 0.1) is 11.8 Å². The van der Waals surface area contributed by atoms with Crippen molar-refractivity contribution in [2.24, 2.45) is 12.8 Å². The second kappa shape index (κ2) is 6.75. The minimum atomic E-state index is -0.536. The van der Waals surface area contributed by atoms with Crippen molar-refractivity contribution in [1.82, 2.24) is 15.1 Å². The maximum absolute atomic E-state index is 12.1. The molecule has 0 aliphatic rings. The maximum Gasteiger partial charge on any atom is 0.255 e. The molecule has 116 valence electrons. The number of aryl methyl sites for hydroxylation is 1. The van der Waals surface area contributed by atoms with E-state index in [2.05, 4.69) is 10.4 Å². The van der Waals surface area contributed by atoms with Crippen LogP contribution >= 0.6 is 0 Å². The largest absolute Gasteiger partial charge is 0.484 e. The summed E-state index contributed by atoms with van der Waals surface area (Å²) in [5.41, 5.74) is 7.23. The lowest BCUT2D eigenvalue weighted by Crippen LogP contribution is -2.23. The Hall–Kier alpha value is -2.83. The number of carbonyl (C=O) groups excluding carboxylic acids is 2. The van der Waals surface area contributed by atoms with E-state index in [1.165, 1.54) is 6.20 Å². The predicted molar refractivity (Wildman–Crippen MR) is 80.2 cm³/mol. The van der Waals surface area contributed by atoms with Crippen LogP contribution < -0.4 is 15.8 Å². The van der Waals surface area contributed by atoms with Crippen molar-refractivity contribution in [1.29, 1.82) is 0 Å². The Morgan fingerprint density at radius 2 is 2.18 bits per heavy atom. The number of amides is 2. The van der Waals surface area contributed by atoms with Crippen molar-refractivity contribution in [3.05, 3.63) is 47.3 Å². The van der Waals surface area contributed by atoms with Crippen molar-refractivity contribution < 1.29 is 14.3 Å². The number of aromatic nitrogens is 2. The zero-order valence-corrected chi connectivity index (χ0v) is 12.5. The van der Waals surface area contributed by atoms with E-state index in [1.807, 2.05) is 13.0 Å². The first-order chi connectivity index (χ1) is 10.5. The molecule has 0 saturated carbocycles. The lowest BCUT2D eigenvalue weighted by Gasteiger charge is -2.08. The standard InChI is InChI=1S/C15H18N4O3/c1-10-13(8-18-19(10)2)15(21)17-7-11-4-3-5-12(6-11)22-9-14(16)20/h3-6,8H,7,9H2,1-2H3,(H2,16,20)(H,17,21). The van der Waals surface area contributed by atoms with Crippen LogP contribution in [0.4, 0.5) is 0 Å². The van der Waals surface area contributed by atoms with Crippen LogP contribution in [0.5, 0.6) is 5.75 Å². The normalized spacial score (nSPS) is 10.3. The van der Waals surface area contributed by atoms with E-state index in [-0.39, 0.29) is 12.5 Å². The van der Waals surface area contributed by atoms with Crippen LogP contribution in [0.25, 0.3) is 0 Å². The lowest BCUT2D eigenvalue weighted by molar-refractivity contribution is -0.119. The minimum Gasteiger partial charge on any atom is -0.484 e. The Morgan fingerprint density at radius 3 is 2.82 bits per heavy atom. The lowest BCUT2D eigenvalue weighted by atomic mass is 10.2. The molecular weight excluding hydrogens is 284 g/mol. The van der Waals surface area contributed by atoms with Crippen molar-refractivity contribution in [3.8, 4) is 5.75 Å². The fourth-order valence-corrected chi connectivity index (χ4v) is 1.90. The highest BCUT2D eigenvalue weighted by Gasteiger charge is 2.12. The Labute approximate surface area is 128 Å². The van der Waals surface area contributed by atoms with Gasteiger partial charge in [-0.25, -0.2) is 0 Å². The zero-order valence-electron chi connectivity index (χ0n) is 12.5. The Balaban J connectivity index is 1.96. The molecule has 0 fully saturated rings. The molecule has 0 spiro atoms. The van der Waals surface area contributed by atoms with Crippen LogP contribution in [-0.4, -0.2) is 28.2 Å². The molecule has 0 radical (unpaired) electrons. The van der Waals surface area contributed by atoms with E-state index in [0.29, 0.717) is 17.9 Å². The molecular formula is C15H18N4O3. The Morgan fingerprint density at radius 1 is 1.41 bits per heavy atom. The Kier molecular flexibility index (Phi) is 4.77. The van der Waals surface area contributed by atoms with Gasteiger partial charge in [-0.15, -0.1) is 0 Å². The minimum absolute atomic E-state index is 0.176. The van der Waals surface area contributed by atoms with Gasteiger partial charge in [-0.1, -0.05) is 12.1 Å². The smallest absolute Gasteiger partial charge is 0.255 e. The molecule has 2 amide bonds. The summed E-state index contributed by atoms with van der Waals surface area (Å²) >= 11 is 0. The number of nitrogens with two attached hydrogens (primary N) is 1. The van der Waals surface area contributed by atoms with E-state index in [9.17, 15) is 9.59 Å². The van der Waals surface area contributed by atoms with Crippen molar-refractivity contribution >= 4 is 11.8 Å². The highest BCUT2D eigenvalue weighted by molar-refractivity contribution is 5.94. The van der Waals surface area contributed by atoms with Gasteiger partial charge >= 0.3 is 0 Å². The molecule has 0 bridgehead atoms. The van der Waals surface area contributed by atoms with Gasteiger partial charge in [-0.2, -0.15) is 5.10 Å². The Bertz CT molecular complexity index is 694. The topological polar surface area (TPSA) is 99.2 Å². The molecule has 2 rings (SSSR count). The molecule has 0 aliphatic heterocycles. The summed E-state index contributed by atoms with van der Waals surface area (Å²) in [6.45, 7) is 2.01. The molecule has 1 heterocycles. The van der Waals surface area contributed by atoms with E-state index >= 15 is 0 Å². The summed E-state index contributed by atoms with van der Waals surface area (Å²) < 4.78 is 6.87. The van der Waals surface area contributed by atoms with E-state index in [0.717, 1.165) is 11.3 Å². The molecule has 0 atom stereocenters. The average Bonchev–Trinajstić information content (AvgIpc) is 2.83. The number of hydrogen-bond acceptors (Lipinski definition) is 4. The summed E-state index contributed by atoms with van der Waals surface area (Å²) in [5.74, 6) is -0.192. The van der Waals surface area contributed by atoms with Crippen LogP contribution in [-0.2, 0) is 18.4 Å². The first kappa shape index (κ1) is 15.6. The maximum atomic E-state index is 12.1. The molecule has 7 nitrogen and oxygen atoms in total. The van der Waals surface area contributed by atoms with Gasteiger partial charge in [-0.05, 0) is 24.6 Å². The monoisotopic (exact) mass is 302 g/mol. The second-order valence-corrected chi connectivity index (χ2v) is 4.85. The number of rotatable bonds is 6. The van der Waals surface area contributed by atoms with Crippen LogP contribution in [0.1, 0.15) is 21.6 Å². The van der Waals surface area contributed by atoms with E-state index in [1.54, 1.807) is 29.9 Å². The molecule has 0 saturated heterocycles. The molecule has 7 heteroatoms. The van der Waals surface area contributed by atoms with Crippen LogP contribution in [0.3, 0.4) is 0 Å². The average molecular weight is 302 g/mol. The number of nitrogens with one attached hydrogen (secondary N) is 1. The summed E-state index contributed by atoms with van der Waals surface area (Å²) in [6.07, 6.45) is 1.54. The first-order valence-electron chi connectivity index (χ1n) is 6.74. The molecule has 3 N–H and O–H groups in total. The third kappa shape index (κ3) is 3.85. The van der Waals surface area contributed by atoms with Gasteiger partial charge in [0.15, 0.2) is 6.61 Å². The van der Waals surface area contributed by atoms with Gasteiger partial charge in [0.2, 0.25) is 0 Å². The predicted octanol–water partition coefficient (Wildman–Crippen LogP) is 0.523. The highest BCUT2D eigenvalue weighted by Crippen LogP contribution is 2.13. The van der Waals surface area contributed by atoms with Crippen LogP contribution in [0.15, 0.2) is 30.5 Å². The molecule has 0 aliphatic carbocycles. The van der Waals surface area contributed by atoms with Crippen LogP contribution in [0, 0.1) is 6.92 Å². The number of nitrogens with zero attached hydrogens (tertiary/aromatic N) is 2. The number of primary amides is 1. The quantitative estimate of drug-likeness (QED) is 0.812. The van der Waals surface area contributed by atoms with Crippen molar-refractivity contribution in [2.75, 3.05) is 6.61 Å². The van der Waals surface area contributed by atoms with Crippen molar-refractivity contribution in [2.45, 2.75) is 13.5 Å².